The number of anilines is 2. The molecule has 0 saturated carbocycles. The van der Waals surface area contributed by atoms with Gasteiger partial charge in [-0.05, 0) is 43.3 Å². The normalized spacial score (nSPS) is 13.0. The maximum Gasteiger partial charge on any atom is 0.266 e. The van der Waals surface area contributed by atoms with E-state index in [1.807, 2.05) is 0 Å². The minimum absolute atomic E-state index is 0.338. The molecule has 4 rings (SSSR count). The SMILES string of the molecule is Cc1nnc(NC(=O)c2ccc(N3C(=O)c4ccccc4C3=O)cc2)s1. The van der Waals surface area contributed by atoms with E-state index in [-0.39, 0.29) is 17.7 Å². The number of benzene rings is 2. The van der Waals surface area contributed by atoms with Gasteiger partial charge in [0, 0.05) is 5.56 Å². The molecule has 0 radical (unpaired) electrons. The van der Waals surface area contributed by atoms with Crippen LogP contribution in [0.1, 0.15) is 36.1 Å². The number of aromatic nitrogens is 2. The molecule has 26 heavy (non-hydrogen) atoms. The molecule has 0 aliphatic carbocycles. The van der Waals surface area contributed by atoms with Gasteiger partial charge in [0.15, 0.2) is 0 Å². The molecule has 2 aromatic carbocycles. The molecule has 0 saturated heterocycles. The number of hydrogen-bond donors (Lipinski definition) is 1. The maximum atomic E-state index is 12.5. The third kappa shape index (κ3) is 2.66. The molecule has 128 valence electrons. The van der Waals surface area contributed by atoms with Gasteiger partial charge in [0.1, 0.15) is 5.01 Å². The van der Waals surface area contributed by atoms with Gasteiger partial charge in [0.2, 0.25) is 5.13 Å². The molecule has 0 bridgehead atoms. The van der Waals surface area contributed by atoms with Crippen LogP contribution in [0, 0.1) is 6.92 Å². The van der Waals surface area contributed by atoms with Crippen LogP contribution in [0.4, 0.5) is 10.8 Å². The van der Waals surface area contributed by atoms with Gasteiger partial charge in [-0.3, -0.25) is 19.7 Å². The second-order valence-corrected chi connectivity index (χ2v) is 6.80. The predicted molar refractivity (Wildman–Crippen MR) is 96.6 cm³/mol. The van der Waals surface area contributed by atoms with Crippen LogP contribution in [-0.2, 0) is 0 Å². The van der Waals surface area contributed by atoms with E-state index in [0.29, 0.717) is 27.5 Å². The molecule has 1 aliphatic heterocycles. The Labute approximate surface area is 152 Å². The Morgan fingerprint density at radius 2 is 1.58 bits per heavy atom. The standard InChI is InChI=1S/C18H12N4O3S/c1-10-20-21-18(26-10)19-15(23)11-6-8-12(9-7-11)22-16(24)13-4-2-3-5-14(13)17(22)25/h2-9H,1H3,(H,19,21,23). The van der Waals surface area contributed by atoms with E-state index < -0.39 is 0 Å². The molecular weight excluding hydrogens is 352 g/mol. The summed E-state index contributed by atoms with van der Waals surface area (Å²) in [6.07, 6.45) is 0. The van der Waals surface area contributed by atoms with Crippen molar-refractivity contribution in [2.45, 2.75) is 6.92 Å². The van der Waals surface area contributed by atoms with Crippen molar-refractivity contribution in [1.82, 2.24) is 10.2 Å². The molecule has 3 amide bonds. The van der Waals surface area contributed by atoms with Crippen LogP contribution in [0.2, 0.25) is 0 Å². The summed E-state index contributed by atoms with van der Waals surface area (Å²) in [6.45, 7) is 1.80. The lowest BCUT2D eigenvalue weighted by molar-refractivity contribution is 0.0925. The number of imide groups is 1. The van der Waals surface area contributed by atoms with Crippen molar-refractivity contribution < 1.29 is 14.4 Å². The first-order valence-corrected chi connectivity index (χ1v) is 8.55. The van der Waals surface area contributed by atoms with E-state index in [1.165, 1.54) is 11.3 Å². The minimum atomic E-state index is -0.368. The molecule has 1 aliphatic rings. The van der Waals surface area contributed by atoms with E-state index in [0.717, 1.165) is 9.91 Å². The summed E-state index contributed by atoms with van der Waals surface area (Å²) < 4.78 is 0. The fourth-order valence-corrected chi connectivity index (χ4v) is 3.29. The van der Waals surface area contributed by atoms with Crippen LogP contribution >= 0.6 is 11.3 Å². The molecule has 3 aromatic rings. The van der Waals surface area contributed by atoms with Crippen molar-refractivity contribution >= 4 is 39.9 Å². The Kier molecular flexibility index (Phi) is 3.81. The molecule has 7 nitrogen and oxygen atoms in total. The number of nitrogens with zero attached hydrogens (tertiary/aromatic N) is 3. The predicted octanol–water partition coefficient (Wildman–Crippen LogP) is 2.90. The highest BCUT2D eigenvalue weighted by Crippen LogP contribution is 2.28. The molecule has 1 aromatic heterocycles. The van der Waals surface area contributed by atoms with Crippen molar-refractivity contribution in [1.29, 1.82) is 0 Å². The van der Waals surface area contributed by atoms with Crippen molar-refractivity contribution in [2.75, 3.05) is 10.2 Å². The minimum Gasteiger partial charge on any atom is -0.296 e. The lowest BCUT2D eigenvalue weighted by Gasteiger charge is -2.14. The van der Waals surface area contributed by atoms with Crippen molar-refractivity contribution in [2.24, 2.45) is 0 Å². The Morgan fingerprint density at radius 1 is 0.962 bits per heavy atom. The quantitative estimate of drug-likeness (QED) is 0.722. The Morgan fingerprint density at radius 3 is 2.12 bits per heavy atom. The zero-order valence-electron chi connectivity index (χ0n) is 13.6. The fraction of sp³-hybridized carbons (Fsp3) is 0.0556. The number of aryl methyl sites for hydroxylation is 1. The first-order valence-electron chi connectivity index (χ1n) is 7.74. The summed E-state index contributed by atoms with van der Waals surface area (Å²) in [5.74, 6) is -1.07. The molecule has 2 heterocycles. The van der Waals surface area contributed by atoms with E-state index in [1.54, 1.807) is 55.5 Å². The van der Waals surface area contributed by atoms with Crippen LogP contribution in [-0.4, -0.2) is 27.9 Å². The molecule has 0 fully saturated rings. The second kappa shape index (κ2) is 6.16. The van der Waals surface area contributed by atoms with Crippen molar-refractivity contribution in [3.05, 3.63) is 70.2 Å². The summed E-state index contributed by atoms with van der Waals surface area (Å²) in [7, 11) is 0. The zero-order chi connectivity index (χ0) is 18.3. The Balaban J connectivity index is 1.56. The summed E-state index contributed by atoms with van der Waals surface area (Å²) in [4.78, 5) is 38.3. The van der Waals surface area contributed by atoms with Crippen LogP contribution < -0.4 is 10.2 Å². The van der Waals surface area contributed by atoms with Crippen LogP contribution in [0.3, 0.4) is 0 Å². The molecule has 0 spiro atoms. The summed E-state index contributed by atoms with van der Waals surface area (Å²) in [5.41, 5.74) is 1.56. The average Bonchev–Trinajstić information content (AvgIpc) is 3.17. The van der Waals surface area contributed by atoms with Gasteiger partial charge >= 0.3 is 0 Å². The van der Waals surface area contributed by atoms with Crippen LogP contribution in [0.25, 0.3) is 0 Å². The first kappa shape index (κ1) is 16.1. The Bertz CT molecular complexity index is 1010. The van der Waals surface area contributed by atoms with Gasteiger partial charge in [-0.25, -0.2) is 4.90 Å². The molecule has 0 atom stereocenters. The molecule has 0 unspecified atom stereocenters. The lowest BCUT2D eigenvalue weighted by atomic mass is 10.1. The van der Waals surface area contributed by atoms with E-state index >= 15 is 0 Å². The van der Waals surface area contributed by atoms with Gasteiger partial charge in [-0.15, -0.1) is 10.2 Å². The number of amides is 3. The topological polar surface area (TPSA) is 92.3 Å². The monoisotopic (exact) mass is 364 g/mol. The van der Waals surface area contributed by atoms with Gasteiger partial charge < -0.3 is 0 Å². The van der Waals surface area contributed by atoms with Gasteiger partial charge in [0.05, 0.1) is 16.8 Å². The van der Waals surface area contributed by atoms with Gasteiger partial charge in [-0.1, -0.05) is 23.5 Å². The number of hydrogen-bond acceptors (Lipinski definition) is 6. The highest BCUT2D eigenvalue weighted by molar-refractivity contribution is 7.15. The van der Waals surface area contributed by atoms with Crippen molar-refractivity contribution in [3.8, 4) is 0 Å². The Hall–Kier alpha value is -3.39. The van der Waals surface area contributed by atoms with Crippen LogP contribution in [0.15, 0.2) is 48.5 Å². The fourth-order valence-electron chi connectivity index (χ4n) is 2.70. The highest BCUT2D eigenvalue weighted by Gasteiger charge is 2.36. The van der Waals surface area contributed by atoms with Gasteiger partial charge in [-0.2, -0.15) is 0 Å². The molecule has 1 N–H and O–H groups in total. The summed E-state index contributed by atoms with van der Waals surface area (Å²) in [6, 6.07) is 12.9. The average molecular weight is 364 g/mol. The number of carbonyl (C=O) groups excluding carboxylic acids is 3. The second-order valence-electron chi connectivity index (χ2n) is 5.62. The highest BCUT2D eigenvalue weighted by atomic mass is 32.1. The third-order valence-electron chi connectivity index (χ3n) is 3.93. The van der Waals surface area contributed by atoms with Crippen molar-refractivity contribution in [3.63, 3.8) is 0 Å². The molecular formula is C18H12N4O3S. The lowest BCUT2D eigenvalue weighted by Crippen LogP contribution is -2.29. The largest absolute Gasteiger partial charge is 0.296 e. The summed E-state index contributed by atoms with van der Waals surface area (Å²) in [5, 5.41) is 11.5. The first-order chi connectivity index (χ1) is 12.5. The zero-order valence-corrected chi connectivity index (χ0v) is 14.4. The number of fused-ring (bicyclic) bond motifs is 1. The number of carbonyl (C=O) groups is 3. The number of rotatable bonds is 3. The van der Waals surface area contributed by atoms with E-state index in [4.69, 9.17) is 0 Å². The third-order valence-corrected chi connectivity index (χ3v) is 4.68. The van der Waals surface area contributed by atoms with Crippen LogP contribution in [0.5, 0.6) is 0 Å². The maximum absolute atomic E-state index is 12.5. The van der Waals surface area contributed by atoms with Gasteiger partial charge in [0.25, 0.3) is 17.7 Å². The number of nitrogens with one attached hydrogen (secondary N) is 1. The summed E-state index contributed by atoms with van der Waals surface area (Å²) >= 11 is 1.28. The van der Waals surface area contributed by atoms with E-state index in [9.17, 15) is 14.4 Å². The smallest absolute Gasteiger partial charge is 0.266 e. The van der Waals surface area contributed by atoms with E-state index in [2.05, 4.69) is 15.5 Å². The molecule has 8 heteroatoms.